The highest BCUT2D eigenvalue weighted by Crippen LogP contribution is 2.35. The number of carboxylic acid groups (broad SMARTS) is 1. The molecule has 2 aliphatic heterocycles. The van der Waals surface area contributed by atoms with Crippen molar-refractivity contribution in [1.29, 1.82) is 0 Å². The number of nitrogens with zero attached hydrogens (tertiary/aromatic N) is 1. The van der Waals surface area contributed by atoms with E-state index in [9.17, 15) is 18.3 Å². The van der Waals surface area contributed by atoms with Gasteiger partial charge in [-0.25, -0.2) is 8.42 Å². The molecule has 0 saturated carbocycles. The molecule has 0 bridgehead atoms. The van der Waals surface area contributed by atoms with Crippen LogP contribution >= 0.6 is 0 Å². The number of hydrogen-bond acceptors (Lipinski definition) is 6. The van der Waals surface area contributed by atoms with Crippen molar-refractivity contribution >= 4 is 16.0 Å². The van der Waals surface area contributed by atoms with Crippen molar-refractivity contribution in [2.75, 3.05) is 13.2 Å². The quantitative estimate of drug-likeness (QED) is 0.768. The third-order valence-corrected chi connectivity index (χ3v) is 6.45. The Labute approximate surface area is 150 Å². The number of carboxylic acids is 1. The fraction of sp³-hybridized carbons (Fsp3) is 0.278. The highest BCUT2D eigenvalue weighted by molar-refractivity contribution is 7.89. The number of fused-ring (bicyclic) bond motifs is 2. The van der Waals surface area contributed by atoms with E-state index in [4.69, 9.17) is 9.47 Å². The zero-order chi connectivity index (χ0) is 18.3. The van der Waals surface area contributed by atoms with Gasteiger partial charge in [-0.05, 0) is 29.7 Å². The molecule has 2 aliphatic rings. The molecule has 0 fully saturated rings. The summed E-state index contributed by atoms with van der Waals surface area (Å²) in [6.45, 7) is 0.704. The van der Waals surface area contributed by atoms with Gasteiger partial charge in [0.1, 0.15) is 13.2 Å². The Kier molecular flexibility index (Phi) is 4.08. The Morgan fingerprint density at radius 2 is 1.73 bits per heavy atom. The molecule has 4 rings (SSSR count). The topological polar surface area (TPSA) is 96.0 Å². The third kappa shape index (κ3) is 2.81. The first-order valence-electron chi connectivity index (χ1n) is 8.16. The number of hydrogen-bond donors (Lipinski definition) is 0. The van der Waals surface area contributed by atoms with Crippen LogP contribution in [0.1, 0.15) is 11.1 Å². The largest absolute Gasteiger partial charge is 0.548 e. The van der Waals surface area contributed by atoms with E-state index in [1.165, 1.54) is 18.2 Å². The Morgan fingerprint density at radius 3 is 2.46 bits per heavy atom. The highest BCUT2D eigenvalue weighted by Gasteiger charge is 2.37. The predicted molar refractivity (Wildman–Crippen MR) is 89.1 cm³/mol. The lowest BCUT2D eigenvalue weighted by molar-refractivity contribution is -0.310. The van der Waals surface area contributed by atoms with E-state index in [1.54, 1.807) is 24.3 Å². The highest BCUT2D eigenvalue weighted by atomic mass is 32.2. The first kappa shape index (κ1) is 16.9. The number of carbonyl (C=O) groups is 1. The van der Waals surface area contributed by atoms with Crippen LogP contribution in [0.3, 0.4) is 0 Å². The van der Waals surface area contributed by atoms with E-state index in [1.807, 2.05) is 0 Å². The van der Waals surface area contributed by atoms with Crippen molar-refractivity contribution < 1.29 is 27.8 Å². The summed E-state index contributed by atoms with van der Waals surface area (Å²) in [5.41, 5.74) is 1.60. The van der Waals surface area contributed by atoms with Gasteiger partial charge in [-0.15, -0.1) is 0 Å². The normalized spacial score (nSPS) is 19.6. The SMILES string of the molecule is O=C([O-])[C@H]1Cc2ccccc2CN1S(=O)(=O)c1ccc2c(c1)OCCO2. The first-order chi connectivity index (χ1) is 12.5. The van der Waals surface area contributed by atoms with E-state index >= 15 is 0 Å². The number of benzene rings is 2. The van der Waals surface area contributed by atoms with E-state index in [-0.39, 0.29) is 17.9 Å². The van der Waals surface area contributed by atoms with Gasteiger partial charge in [-0.2, -0.15) is 4.31 Å². The van der Waals surface area contributed by atoms with Crippen LogP contribution in [0.15, 0.2) is 47.4 Å². The molecule has 7 nitrogen and oxygen atoms in total. The summed E-state index contributed by atoms with van der Waals surface area (Å²) in [5, 5.41) is 11.6. The van der Waals surface area contributed by atoms with Gasteiger partial charge in [-0.1, -0.05) is 24.3 Å². The van der Waals surface area contributed by atoms with E-state index in [0.717, 1.165) is 15.4 Å². The number of aliphatic carboxylic acids is 1. The molecule has 0 amide bonds. The molecule has 2 aromatic carbocycles. The van der Waals surface area contributed by atoms with Gasteiger partial charge in [0, 0.05) is 12.6 Å². The zero-order valence-electron chi connectivity index (χ0n) is 13.8. The molecule has 2 heterocycles. The Balaban J connectivity index is 1.75. The van der Waals surface area contributed by atoms with E-state index in [2.05, 4.69) is 0 Å². The molecule has 0 aliphatic carbocycles. The average Bonchev–Trinajstić information content (AvgIpc) is 2.66. The molecule has 26 heavy (non-hydrogen) atoms. The average molecular weight is 374 g/mol. The molecule has 0 spiro atoms. The minimum atomic E-state index is -4.06. The molecular weight excluding hydrogens is 358 g/mol. The van der Waals surface area contributed by atoms with Gasteiger partial charge in [0.2, 0.25) is 10.0 Å². The lowest BCUT2D eigenvalue weighted by Crippen LogP contribution is -2.53. The molecule has 136 valence electrons. The van der Waals surface area contributed by atoms with Crippen molar-refractivity contribution in [2.45, 2.75) is 23.9 Å². The van der Waals surface area contributed by atoms with Gasteiger partial charge in [0.15, 0.2) is 11.5 Å². The van der Waals surface area contributed by atoms with E-state index < -0.39 is 22.0 Å². The molecular formula is C18H16NO6S-. The second-order valence-electron chi connectivity index (χ2n) is 6.16. The van der Waals surface area contributed by atoms with Crippen LogP contribution in [-0.2, 0) is 27.8 Å². The zero-order valence-corrected chi connectivity index (χ0v) is 14.6. The number of rotatable bonds is 3. The maximum Gasteiger partial charge on any atom is 0.244 e. The number of carbonyl (C=O) groups excluding carboxylic acids is 1. The Hall–Kier alpha value is -2.58. The summed E-state index contributed by atoms with van der Waals surface area (Å²) in [6.07, 6.45) is 0.0717. The smallest absolute Gasteiger partial charge is 0.244 e. The summed E-state index contributed by atoms with van der Waals surface area (Å²) in [7, 11) is -4.06. The Bertz CT molecular complexity index is 971. The molecule has 8 heteroatoms. The maximum atomic E-state index is 13.1. The monoisotopic (exact) mass is 374 g/mol. The van der Waals surface area contributed by atoms with Gasteiger partial charge < -0.3 is 19.4 Å². The van der Waals surface area contributed by atoms with Gasteiger partial charge >= 0.3 is 0 Å². The second-order valence-corrected chi connectivity index (χ2v) is 8.05. The molecule has 1 atom stereocenters. The van der Waals surface area contributed by atoms with Crippen LogP contribution in [0.25, 0.3) is 0 Å². The van der Waals surface area contributed by atoms with Gasteiger partial charge in [-0.3, -0.25) is 0 Å². The van der Waals surface area contributed by atoms with Crippen LogP contribution in [-0.4, -0.2) is 37.9 Å². The fourth-order valence-corrected chi connectivity index (χ4v) is 4.84. The molecule has 0 aromatic heterocycles. The van der Waals surface area contributed by atoms with Crippen molar-refractivity contribution in [3.8, 4) is 11.5 Å². The van der Waals surface area contributed by atoms with Crippen molar-refractivity contribution in [3.63, 3.8) is 0 Å². The van der Waals surface area contributed by atoms with E-state index in [0.29, 0.717) is 24.7 Å². The number of sulfonamides is 1. The molecule has 0 radical (unpaired) electrons. The number of ether oxygens (including phenoxy) is 2. The minimum absolute atomic E-state index is 0.0222. The predicted octanol–water partition coefficient (Wildman–Crippen LogP) is 0.323. The van der Waals surface area contributed by atoms with Crippen LogP contribution < -0.4 is 14.6 Å². The Morgan fingerprint density at radius 1 is 1.04 bits per heavy atom. The lowest BCUT2D eigenvalue weighted by atomic mass is 9.96. The summed E-state index contributed by atoms with van der Waals surface area (Å²) in [4.78, 5) is 11.6. The van der Waals surface area contributed by atoms with Crippen LogP contribution in [0.2, 0.25) is 0 Å². The first-order valence-corrected chi connectivity index (χ1v) is 9.60. The van der Waals surface area contributed by atoms with Gasteiger partial charge in [0.25, 0.3) is 0 Å². The summed E-state index contributed by atoms with van der Waals surface area (Å²) < 4.78 is 38.1. The maximum absolute atomic E-state index is 13.1. The van der Waals surface area contributed by atoms with Gasteiger partial charge in [0.05, 0.1) is 16.9 Å². The standard InChI is InChI=1S/C18H17NO6S/c20-18(21)15-9-12-3-1-2-4-13(12)11-19(15)26(22,23)14-5-6-16-17(10-14)25-8-7-24-16/h1-6,10,15H,7-9,11H2,(H,20,21)/p-1/t15-/m1/s1. The summed E-state index contributed by atoms with van der Waals surface area (Å²) in [6, 6.07) is 10.2. The molecule has 0 saturated heterocycles. The summed E-state index contributed by atoms with van der Waals surface area (Å²) >= 11 is 0. The summed E-state index contributed by atoms with van der Waals surface area (Å²) in [5.74, 6) is -0.615. The lowest BCUT2D eigenvalue weighted by Gasteiger charge is -2.36. The third-order valence-electron chi connectivity index (χ3n) is 4.60. The van der Waals surface area contributed by atoms with Crippen LogP contribution in [0.4, 0.5) is 0 Å². The van der Waals surface area contributed by atoms with Crippen LogP contribution in [0, 0.1) is 0 Å². The van der Waals surface area contributed by atoms with Crippen molar-refractivity contribution in [2.24, 2.45) is 0 Å². The molecule has 0 unspecified atom stereocenters. The molecule has 0 N–H and O–H groups in total. The molecule has 2 aromatic rings. The van der Waals surface area contributed by atoms with Crippen molar-refractivity contribution in [3.05, 3.63) is 53.6 Å². The fourth-order valence-electron chi connectivity index (χ4n) is 3.27. The van der Waals surface area contributed by atoms with Crippen molar-refractivity contribution in [1.82, 2.24) is 4.31 Å². The minimum Gasteiger partial charge on any atom is -0.548 e. The van der Waals surface area contributed by atoms with Crippen LogP contribution in [0.5, 0.6) is 11.5 Å². The second kappa shape index (κ2) is 6.30.